The number of aromatic nitrogens is 1. The summed E-state index contributed by atoms with van der Waals surface area (Å²) in [5, 5.41) is 3.63. The SMILES string of the molecule is O=C1C=CN(c2c(F)cc(N3C[C@H](CN(COP(=O)(O)O)c4ccon4)OC3=O)c(F)c2F)CC1. The Hall–Kier alpha value is -3.39. The molecule has 1 aromatic heterocycles. The minimum atomic E-state index is -4.85. The van der Waals surface area contributed by atoms with E-state index in [1.807, 2.05) is 0 Å². The maximum atomic E-state index is 14.9. The Morgan fingerprint density at radius 3 is 2.66 bits per heavy atom. The summed E-state index contributed by atoms with van der Waals surface area (Å²) >= 11 is 0. The zero-order valence-corrected chi connectivity index (χ0v) is 18.6. The Bertz CT molecular complexity index is 1210. The number of nitrogens with zero attached hydrogens (tertiary/aromatic N) is 4. The highest BCUT2D eigenvalue weighted by molar-refractivity contribution is 7.46. The van der Waals surface area contributed by atoms with Crippen LogP contribution in [0.1, 0.15) is 6.42 Å². The molecule has 0 bridgehead atoms. The van der Waals surface area contributed by atoms with Crippen molar-refractivity contribution in [1.29, 1.82) is 0 Å². The first-order valence-electron chi connectivity index (χ1n) is 10.0. The number of benzene rings is 1. The first kappa shape index (κ1) is 24.7. The van der Waals surface area contributed by atoms with Crippen molar-refractivity contribution in [2.45, 2.75) is 12.5 Å². The number of hydrogen-bond donors (Lipinski definition) is 2. The molecule has 1 atom stereocenters. The fourth-order valence-corrected chi connectivity index (χ4v) is 3.86. The molecule has 0 aliphatic carbocycles. The standard InChI is InChI=1S/C19H18F3N4O8P/c20-13-7-14(16(21)17(22)18(13)24-4-1-11(27)2-5-24)26-9-12(34-19(26)28)8-25(10-33-35(29,30)31)15-3-6-32-23-15/h1,3-4,6-7,12H,2,5,8-10H2,(H2,29,30,31)/t12-/m0/s1. The van der Waals surface area contributed by atoms with Gasteiger partial charge in [0, 0.05) is 31.3 Å². The molecule has 0 radical (unpaired) electrons. The second kappa shape index (κ2) is 9.70. The summed E-state index contributed by atoms with van der Waals surface area (Å²) in [6.45, 7) is -1.30. The Kier molecular flexibility index (Phi) is 6.85. The maximum Gasteiger partial charge on any atom is 0.471 e. The predicted octanol–water partition coefficient (Wildman–Crippen LogP) is 2.28. The van der Waals surface area contributed by atoms with Crippen molar-refractivity contribution in [1.82, 2.24) is 5.16 Å². The number of phosphoric ester groups is 1. The molecule has 1 fully saturated rings. The number of carbonyl (C=O) groups is 2. The van der Waals surface area contributed by atoms with Crippen molar-refractivity contribution in [3.05, 3.63) is 48.1 Å². The lowest BCUT2D eigenvalue weighted by Crippen LogP contribution is -2.36. The number of carbonyl (C=O) groups excluding carboxylic acids is 2. The second-order valence-electron chi connectivity index (χ2n) is 7.52. The van der Waals surface area contributed by atoms with E-state index < -0.39 is 55.6 Å². The normalized spacial score (nSPS) is 18.4. The van der Waals surface area contributed by atoms with E-state index in [-0.39, 0.29) is 37.7 Å². The number of anilines is 3. The average Bonchev–Trinajstić information content (AvgIpc) is 3.44. The summed E-state index contributed by atoms with van der Waals surface area (Å²) in [6.07, 6.45) is 1.31. The Labute approximate surface area is 195 Å². The summed E-state index contributed by atoms with van der Waals surface area (Å²) < 4.78 is 69.9. The number of ether oxygens (including phenoxy) is 1. The number of halogens is 3. The van der Waals surface area contributed by atoms with E-state index in [1.165, 1.54) is 17.2 Å². The van der Waals surface area contributed by atoms with E-state index in [4.69, 9.17) is 19.0 Å². The maximum absolute atomic E-state index is 14.9. The number of hydrogen-bond acceptors (Lipinski definition) is 9. The van der Waals surface area contributed by atoms with Gasteiger partial charge in [-0.1, -0.05) is 5.16 Å². The number of rotatable bonds is 8. The lowest BCUT2D eigenvalue weighted by Gasteiger charge is -2.25. The lowest BCUT2D eigenvalue weighted by molar-refractivity contribution is -0.114. The highest BCUT2D eigenvalue weighted by atomic mass is 31.2. The first-order chi connectivity index (χ1) is 16.5. The van der Waals surface area contributed by atoms with Crippen LogP contribution in [0.3, 0.4) is 0 Å². The molecular formula is C19H18F3N4O8P. The zero-order chi connectivity index (χ0) is 25.3. The summed E-state index contributed by atoms with van der Waals surface area (Å²) in [4.78, 5) is 44.6. The van der Waals surface area contributed by atoms with Crippen LogP contribution >= 0.6 is 7.82 Å². The molecule has 2 aliphatic heterocycles. The third-order valence-corrected chi connectivity index (χ3v) is 5.61. The summed E-state index contributed by atoms with van der Waals surface area (Å²) in [7, 11) is -4.85. The minimum absolute atomic E-state index is 0.00731. The molecule has 35 heavy (non-hydrogen) atoms. The van der Waals surface area contributed by atoms with Gasteiger partial charge >= 0.3 is 13.9 Å². The Morgan fingerprint density at radius 2 is 2.03 bits per heavy atom. The van der Waals surface area contributed by atoms with Gasteiger partial charge in [0.05, 0.1) is 18.8 Å². The molecule has 0 saturated carbocycles. The molecule has 16 heteroatoms. The van der Waals surface area contributed by atoms with Crippen LogP contribution in [-0.2, 0) is 18.6 Å². The van der Waals surface area contributed by atoms with Gasteiger partial charge in [-0.15, -0.1) is 0 Å². The summed E-state index contributed by atoms with van der Waals surface area (Å²) in [5.41, 5.74) is -1.40. The second-order valence-corrected chi connectivity index (χ2v) is 8.76. The predicted molar refractivity (Wildman–Crippen MR) is 112 cm³/mol. The van der Waals surface area contributed by atoms with E-state index >= 15 is 0 Å². The first-order valence-corrected chi connectivity index (χ1v) is 11.5. The monoisotopic (exact) mass is 518 g/mol. The van der Waals surface area contributed by atoms with Crippen LogP contribution in [0.5, 0.6) is 0 Å². The third kappa shape index (κ3) is 5.48. The van der Waals surface area contributed by atoms with E-state index in [0.29, 0.717) is 11.0 Å². The third-order valence-electron chi connectivity index (χ3n) is 5.16. The van der Waals surface area contributed by atoms with Gasteiger partial charge in [0.2, 0.25) is 0 Å². The van der Waals surface area contributed by atoms with Crippen molar-refractivity contribution in [3.8, 4) is 0 Å². The molecule has 0 spiro atoms. The van der Waals surface area contributed by atoms with Gasteiger partial charge in [0.1, 0.15) is 24.8 Å². The van der Waals surface area contributed by atoms with E-state index in [9.17, 15) is 27.3 Å². The van der Waals surface area contributed by atoms with Crippen molar-refractivity contribution >= 4 is 36.9 Å². The zero-order valence-electron chi connectivity index (χ0n) is 17.7. The highest BCUT2D eigenvalue weighted by Crippen LogP contribution is 2.37. The minimum Gasteiger partial charge on any atom is -0.442 e. The molecule has 1 saturated heterocycles. The quantitative estimate of drug-likeness (QED) is 0.302. The van der Waals surface area contributed by atoms with Crippen molar-refractivity contribution in [2.75, 3.05) is 41.1 Å². The van der Waals surface area contributed by atoms with Crippen LogP contribution in [0.4, 0.5) is 35.2 Å². The molecule has 1 amide bonds. The average molecular weight is 518 g/mol. The molecule has 12 nitrogen and oxygen atoms in total. The van der Waals surface area contributed by atoms with Crippen LogP contribution in [0.15, 0.2) is 35.2 Å². The van der Waals surface area contributed by atoms with Gasteiger partial charge in [-0.3, -0.25) is 14.2 Å². The topological polar surface area (TPSA) is 146 Å². The Balaban J connectivity index is 1.53. The van der Waals surface area contributed by atoms with Crippen LogP contribution < -0.4 is 14.7 Å². The number of cyclic esters (lactones) is 1. The molecule has 188 valence electrons. The number of allylic oxidation sites excluding steroid dienone is 1. The van der Waals surface area contributed by atoms with Crippen molar-refractivity contribution in [2.24, 2.45) is 0 Å². The molecule has 2 aromatic rings. The van der Waals surface area contributed by atoms with Crippen LogP contribution in [0.2, 0.25) is 0 Å². The van der Waals surface area contributed by atoms with Gasteiger partial charge in [0.15, 0.2) is 29.1 Å². The van der Waals surface area contributed by atoms with Gasteiger partial charge in [0.25, 0.3) is 0 Å². The molecule has 4 rings (SSSR count). The molecule has 1 aromatic carbocycles. The van der Waals surface area contributed by atoms with Gasteiger partial charge in [-0.05, 0) is 6.08 Å². The number of ketones is 1. The smallest absolute Gasteiger partial charge is 0.442 e. The van der Waals surface area contributed by atoms with E-state index in [0.717, 1.165) is 17.2 Å². The fraction of sp³-hybridized carbons (Fsp3) is 0.316. The number of phosphoric acid groups is 1. The fourth-order valence-electron chi connectivity index (χ4n) is 3.57. The molecule has 2 aliphatic rings. The molecule has 0 unspecified atom stereocenters. The van der Waals surface area contributed by atoms with Crippen molar-refractivity contribution in [3.63, 3.8) is 0 Å². The van der Waals surface area contributed by atoms with Gasteiger partial charge in [-0.2, -0.15) is 0 Å². The molecule has 3 heterocycles. The van der Waals surface area contributed by atoms with Gasteiger partial charge in [-0.25, -0.2) is 22.5 Å². The lowest BCUT2D eigenvalue weighted by atomic mass is 10.1. The highest BCUT2D eigenvalue weighted by Gasteiger charge is 2.38. The molecule has 2 N–H and O–H groups in total. The van der Waals surface area contributed by atoms with Gasteiger partial charge < -0.3 is 28.8 Å². The van der Waals surface area contributed by atoms with E-state index in [1.54, 1.807) is 0 Å². The van der Waals surface area contributed by atoms with Crippen LogP contribution in [0.25, 0.3) is 0 Å². The van der Waals surface area contributed by atoms with Crippen LogP contribution in [0, 0.1) is 17.5 Å². The summed E-state index contributed by atoms with van der Waals surface area (Å²) in [5.74, 6) is -4.35. The largest absolute Gasteiger partial charge is 0.471 e. The Morgan fingerprint density at radius 1 is 1.26 bits per heavy atom. The van der Waals surface area contributed by atoms with Crippen LogP contribution in [-0.4, -0.2) is 59.3 Å². The van der Waals surface area contributed by atoms with Crippen molar-refractivity contribution < 1.29 is 50.9 Å². The van der Waals surface area contributed by atoms with E-state index in [2.05, 4.69) is 9.68 Å². The molecular weight excluding hydrogens is 500 g/mol. The number of amides is 1. The summed E-state index contributed by atoms with van der Waals surface area (Å²) in [6, 6.07) is 2.00.